The smallest absolute Gasteiger partial charge is 0.237 e. The molecule has 1 amide bonds. The topological polar surface area (TPSA) is 79.9 Å². The molecule has 1 atom stereocenters. The highest BCUT2D eigenvalue weighted by Gasteiger charge is 2.26. The van der Waals surface area contributed by atoms with Crippen LogP contribution in [0.4, 0.5) is 0 Å². The number of amides is 1. The van der Waals surface area contributed by atoms with E-state index in [4.69, 9.17) is 9.47 Å². The van der Waals surface area contributed by atoms with E-state index >= 15 is 0 Å². The van der Waals surface area contributed by atoms with Crippen LogP contribution in [-0.4, -0.2) is 82.8 Å². The van der Waals surface area contributed by atoms with Gasteiger partial charge in [0, 0.05) is 13.1 Å². The number of Topliss-reactive ketones (excluding diaryl/α,β-unsaturated/α-hetero) is 1. The quantitative estimate of drug-likeness (QED) is 0.407. The van der Waals surface area contributed by atoms with Crippen molar-refractivity contribution in [3.05, 3.63) is 0 Å². The van der Waals surface area contributed by atoms with Crippen LogP contribution in [0.1, 0.15) is 68.7 Å². The number of likely N-dealkylation sites (N-methyl/N-ethyl adjacent to an activating group) is 2. The fourth-order valence-corrected chi connectivity index (χ4v) is 2.17. The molecule has 0 radical (unpaired) electrons. The molecular weight excluding hydrogens is 382 g/mol. The number of rotatable bonds is 14. The summed E-state index contributed by atoms with van der Waals surface area (Å²) in [6.07, 6.45) is 1.25. The summed E-state index contributed by atoms with van der Waals surface area (Å²) in [5.74, 6) is -0.0185. The first-order valence-corrected chi connectivity index (χ1v) is 11.6. The molecule has 0 aromatic rings. The first-order valence-electron chi connectivity index (χ1n) is 11.6. The molecular formula is C23H53N3O4. The molecule has 184 valence electrons. The number of nitrogens with one attached hydrogen (secondary N) is 2. The van der Waals surface area contributed by atoms with Gasteiger partial charge in [0.2, 0.25) is 5.91 Å². The maximum atomic E-state index is 12.2. The van der Waals surface area contributed by atoms with Gasteiger partial charge in [-0.15, -0.1) is 0 Å². The molecule has 0 aromatic heterocycles. The van der Waals surface area contributed by atoms with Gasteiger partial charge < -0.3 is 20.1 Å². The number of ketones is 1. The second kappa shape index (κ2) is 30.2. The molecule has 0 saturated heterocycles. The minimum Gasteiger partial charge on any atom is -0.378 e. The summed E-state index contributed by atoms with van der Waals surface area (Å²) in [6, 6.07) is -0.273. The van der Waals surface area contributed by atoms with Crippen molar-refractivity contribution in [2.75, 3.05) is 60.2 Å². The van der Waals surface area contributed by atoms with Crippen molar-refractivity contribution in [2.45, 2.75) is 74.8 Å². The lowest BCUT2D eigenvalue weighted by atomic mass is 10.0. The number of nitrogens with zero attached hydrogens (tertiary/aromatic N) is 1. The lowest BCUT2D eigenvalue weighted by Crippen LogP contribution is -2.50. The Kier molecular flexibility index (Phi) is 36.6. The van der Waals surface area contributed by atoms with Crippen molar-refractivity contribution >= 4 is 11.7 Å². The van der Waals surface area contributed by atoms with Gasteiger partial charge in [0.05, 0.1) is 39.0 Å². The van der Waals surface area contributed by atoms with E-state index in [-0.39, 0.29) is 30.2 Å². The number of hydrogen-bond donors (Lipinski definition) is 2. The van der Waals surface area contributed by atoms with Gasteiger partial charge in [-0.1, -0.05) is 61.8 Å². The maximum Gasteiger partial charge on any atom is 0.237 e. The van der Waals surface area contributed by atoms with Gasteiger partial charge in [-0.25, -0.2) is 0 Å². The van der Waals surface area contributed by atoms with Crippen molar-refractivity contribution < 1.29 is 19.1 Å². The predicted molar refractivity (Wildman–Crippen MR) is 129 cm³/mol. The summed E-state index contributed by atoms with van der Waals surface area (Å²) in [6.45, 7) is 21.6. The zero-order chi connectivity index (χ0) is 24.4. The highest BCUT2D eigenvalue weighted by Crippen LogP contribution is 2.09. The first kappa shape index (κ1) is 36.4. The van der Waals surface area contributed by atoms with E-state index in [1.54, 1.807) is 0 Å². The molecule has 0 aliphatic rings. The zero-order valence-electron chi connectivity index (χ0n) is 21.9. The Morgan fingerprint density at radius 3 is 1.80 bits per heavy atom. The average Bonchev–Trinajstić information content (AvgIpc) is 2.72. The van der Waals surface area contributed by atoms with Gasteiger partial charge in [-0.3, -0.25) is 14.5 Å². The molecule has 30 heavy (non-hydrogen) atoms. The van der Waals surface area contributed by atoms with Gasteiger partial charge in [-0.05, 0) is 26.9 Å². The lowest BCUT2D eigenvalue weighted by molar-refractivity contribution is -0.129. The molecule has 7 nitrogen and oxygen atoms in total. The summed E-state index contributed by atoms with van der Waals surface area (Å²) in [4.78, 5) is 25.1. The van der Waals surface area contributed by atoms with E-state index in [0.717, 1.165) is 6.54 Å². The minimum atomic E-state index is -0.273. The Morgan fingerprint density at radius 1 is 0.933 bits per heavy atom. The summed E-state index contributed by atoms with van der Waals surface area (Å²) in [7, 11) is 3.78. The number of ether oxygens (including phenoxy) is 2. The summed E-state index contributed by atoms with van der Waals surface area (Å²) < 4.78 is 10.9. The molecule has 0 rings (SSSR count). The van der Waals surface area contributed by atoms with E-state index < -0.39 is 0 Å². The van der Waals surface area contributed by atoms with Crippen LogP contribution in [-0.2, 0) is 19.1 Å². The third kappa shape index (κ3) is 27.0. The van der Waals surface area contributed by atoms with Crippen LogP contribution >= 0.6 is 0 Å². The molecule has 0 aliphatic carbocycles. The van der Waals surface area contributed by atoms with E-state index in [1.165, 1.54) is 13.3 Å². The molecule has 2 N–H and O–H groups in total. The fourth-order valence-electron chi connectivity index (χ4n) is 2.17. The summed E-state index contributed by atoms with van der Waals surface area (Å²) in [5.41, 5.74) is 0. The monoisotopic (exact) mass is 435 g/mol. The molecule has 7 heteroatoms. The Balaban J connectivity index is -0.000000427. The van der Waals surface area contributed by atoms with Crippen LogP contribution in [0, 0.1) is 5.92 Å². The standard InChI is InChI=1S/C16H33N3O4.C3H8.2C2H6/c1-13(2)15(16(21)18-12-14(3)20)19(5)7-9-23-11-10-22-8-6-17-4;1-3-2;2*1-2/h13,15,17H,6-12H2,1-5H3,(H,18,21);3H2,1-2H3;2*1-2H3. The van der Waals surface area contributed by atoms with Gasteiger partial charge in [0.1, 0.15) is 5.78 Å². The van der Waals surface area contributed by atoms with Crippen LogP contribution in [0.2, 0.25) is 0 Å². The average molecular weight is 436 g/mol. The fraction of sp³-hybridized carbons (Fsp3) is 0.913. The normalized spacial score (nSPS) is 10.7. The highest BCUT2D eigenvalue weighted by atomic mass is 16.5. The minimum absolute atomic E-state index is 0.0508. The Hall–Kier alpha value is -1.02. The van der Waals surface area contributed by atoms with Crippen molar-refractivity contribution in [3.8, 4) is 0 Å². The number of hydrogen-bond acceptors (Lipinski definition) is 6. The van der Waals surface area contributed by atoms with Crippen LogP contribution in [0.3, 0.4) is 0 Å². The van der Waals surface area contributed by atoms with Gasteiger partial charge in [0.25, 0.3) is 0 Å². The summed E-state index contributed by atoms with van der Waals surface area (Å²) >= 11 is 0. The first-order chi connectivity index (χ1) is 14.3. The van der Waals surface area contributed by atoms with Crippen molar-refractivity contribution in [3.63, 3.8) is 0 Å². The zero-order valence-corrected chi connectivity index (χ0v) is 21.9. The molecule has 0 bridgehead atoms. The van der Waals surface area contributed by atoms with Crippen LogP contribution in [0.5, 0.6) is 0 Å². The van der Waals surface area contributed by atoms with Crippen LogP contribution in [0.25, 0.3) is 0 Å². The second-order valence-corrected chi connectivity index (χ2v) is 6.62. The van der Waals surface area contributed by atoms with Gasteiger partial charge in [-0.2, -0.15) is 0 Å². The van der Waals surface area contributed by atoms with E-state index in [0.29, 0.717) is 33.0 Å². The largest absolute Gasteiger partial charge is 0.378 e. The summed E-state index contributed by atoms with van der Waals surface area (Å²) in [5, 5.41) is 5.68. The molecule has 0 aromatic carbocycles. The Labute approximate surface area is 187 Å². The van der Waals surface area contributed by atoms with Gasteiger partial charge >= 0.3 is 0 Å². The third-order valence-corrected chi connectivity index (χ3v) is 3.34. The third-order valence-electron chi connectivity index (χ3n) is 3.34. The molecule has 0 heterocycles. The van der Waals surface area contributed by atoms with Crippen molar-refractivity contribution in [1.29, 1.82) is 0 Å². The van der Waals surface area contributed by atoms with Gasteiger partial charge in [0.15, 0.2) is 0 Å². The molecule has 0 aliphatic heterocycles. The Bertz CT molecular complexity index is 353. The Morgan fingerprint density at radius 2 is 1.40 bits per heavy atom. The van der Waals surface area contributed by atoms with Crippen LogP contribution < -0.4 is 10.6 Å². The number of carbonyl (C=O) groups excluding carboxylic acids is 2. The number of carbonyl (C=O) groups is 2. The lowest BCUT2D eigenvalue weighted by Gasteiger charge is -2.29. The van der Waals surface area contributed by atoms with Crippen molar-refractivity contribution in [2.24, 2.45) is 5.92 Å². The molecule has 1 unspecified atom stereocenters. The SMILES string of the molecule is CC.CC.CCC.CNCCOCCOCCN(C)C(C(=O)NCC(C)=O)C(C)C. The van der Waals surface area contributed by atoms with Crippen molar-refractivity contribution in [1.82, 2.24) is 15.5 Å². The molecule has 0 fully saturated rings. The molecule has 0 saturated carbocycles. The molecule has 0 spiro atoms. The second-order valence-electron chi connectivity index (χ2n) is 6.62. The van der Waals surface area contributed by atoms with E-state index in [2.05, 4.69) is 24.5 Å². The van der Waals surface area contributed by atoms with E-state index in [9.17, 15) is 9.59 Å². The van der Waals surface area contributed by atoms with E-state index in [1.807, 2.05) is 60.5 Å². The highest BCUT2D eigenvalue weighted by molar-refractivity contribution is 5.87. The predicted octanol–water partition coefficient (Wildman–Crippen LogP) is 3.37. The van der Waals surface area contributed by atoms with Crippen LogP contribution in [0.15, 0.2) is 0 Å². The maximum absolute atomic E-state index is 12.2.